The highest BCUT2D eigenvalue weighted by Gasteiger charge is 2.15. The third-order valence-electron chi connectivity index (χ3n) is 5.39. The standard InChI is InChI=1S/C20H29N5O2/c1-14-18(15(2)24(3)23-14)12-21-19(26)17-9-8-16(22-20(17)27)13-25-10-6-4-5-7-11-25/h8-9H,4-7,10-13H2,1-3H3,(H,21,26)(H,22,27). The molecule has 0 saturated carbocycles. The van der Waals surface area contributed by atoms with Crippen LogP contribution in [0, 0.1) is 13.8 Å². The van der Waals surface area contributed by atoms with E-state index >= 15 is 0 Å². The number of aromatic nitrogens is 3. The molecule has 3 rings (SSSR count). The molecule has 3 heterocycles. The van der Waals surface area contributed by atoms with Crippen molar-refractivity contribution in [3.8, 4) is 0 Å². The van der Waals surface area contributed by atoms with Gasteiger partial charge in [0.2, 0.25) is 0 Å². The third-order valence-corrected chi connectivity index (χ3v) is 5.39. The monoisotopic (exact) mass is 371 g/mol. The number of nitrogens with one attached hydrogen (secondary N) is 2. The highest BCUT2D eigenvalue weighted by atomic mass is 16.2. The summed E-state index contributed by atoms with van der Waals surface area (Å²) in [6, 6.07) is 3.48. The number of amides is 1. The van der Waals surface area contributed by atoms with Gasteiger partial charge in [0.05, 0.1) is 5.69 Å². The van der Waals surface area contributed by atoms with E-state index < -0.39 is 0 Å². The van der Waals surface area contributed by atoms with Gasteiger partial charge < -0.3 is 10.3 Å². The van der Waals surface area contributed by atoms with Crippen molar-refractivity contribution in [3.63, 3.8) is 0 Å². The van der Waals surface area contributed by atoms with Gasteiger partial charge in [-0.3, -0.25) is 19.2 Å². The van der Waals surface area contributed by atoms with Crippen LogP contribution in [-0.2, 0) is 20.1 Å². The Hall–Kier alpha value is -2.41. The fraction of sp³-hybridized carbons (Fsp3) is 0.550. The Morgan fingerprint density at radius 2 is 1.89 bits per heavy atom. The minimum Gasteiger partial charge on any atom is -0.348 e. The normalized spacial score (nSPS) is 15.5. The topological polar surface area (TPSA) is 83.0 Å². The lowest BCUT2D eigenvalue weighted by Gasteiger charge is -2.19. The molecule has 2 N–H and O–H groups in total. The zero-order valence-electron chi connectivity index (χ0n) is 16.5. The molecule has 1 aliphatic rings. The maximum atomic E-state index is 12.4. The molecule has 146 valence electrons. The van der Waals surface area contributed by atoms with E-state index in [1.165, 1.54) is 25.7 Å². The van der Waals surface area contributed by atoms with E-state index in [4.69, 9.17) is 0 Å². The predicted octanol–water partition coefficient (Wildman–Crippen LogP) is 2.03. The molecule has 0 bridgehead atoms. The van der Waals surface area contributed by atoms with Gasteiger partial charge >= 0.3 is 0 Å². The first-order chi connectivity index (χ1) is 13.0. The SMILES string of the molecule is Cc1nn(C)c(C)c1CNC(=O)c1ccc(CN2CCCCCC2)[nH]c1=O. The maximum absolute atomic E-state index is 12.4. The Balaban J connectivity index is 1.64. The summed E-state index contributed by atoms with van der Waals surface area (Å²) >= 11 is 0. The first kappa shape index (κ1) is 19.4. The quantitative estimate of drug-likeness (QED) is 0.842. The van der Waals surface area contributed by atoms with Crippen molar-refractivity contribution in [2.75, 3.05) is 13.1 Å². The molecule has 27 heavy (non-hydrogen) atoms. The molecular weight excluding hydrogens is 342 g/mol. The van der Waals surface area contributed by atoms with Crippen molar-refractivity contribution in [1.29, 1.82) is 0 Å². The molecule has 0 atom stereocenters. The van der Waals surface area contributed by atoms with Gasteiger partial charge in [-0.2, -0.15) is 5.10 Å². The average molecular weight is 371 g/mol. The summed E-state index contributed by atoms with van der Waals surface area (Å²) in [6.07, 6.45) is 4.97. The van der Waals surface area contributed by atoms with Gasteiger partial charge in [0.25, 0.3) is 11.5 Å². The van der Waals surface area contributed by atoms with Crippen molar-refractivity contribution in [2.45, 2.75) is 52.6 Å². The smallest absolute Gasteiger partial charge is 0.261 e. The molecule has 0 unspecified atom stereocenters. The molecule has 0 aliphatic carbocycles. The summed E-state index contributed by atoms with van der Waals surface area (Å²) in [6.45, 7) is 7.09. The summed E-state index contributed by atoms with van der Waals surface area (Å²) in [4.78, 5) is 30.1. The van der Waals surface area contributed by atoms with E-state index in [9.17, 15) is 9.59 Å². The van der Waals surface area contributed by atoms with Crippen molar-refractivity contribution >= 4 is 5.91 Å². The highest BCUT2D eigenvalue weighted by Crippen LogP contribution is 2.13. The van der Waals surface area contributed by atoms with Crippen LogP contribution in [-0.4, -0.2) is 38.7 Å². The molecule has 1 aliphatic heterocycles. The van der Waals surface area contributed by atoms with E-state index in [0.717, 1.165) is 42.3 Å². The summed E-state index contributed by atoms with van der Waals surface area (Å²) < 4.78 is 1.79. The van der Waals surface area contributed by atoms with Gasteiger partial charge in [0.15, 0.2) is 0 Å². The molecule has 1 saturated heterocycles. The summed E-state index contributed by atoms with van der Waals surface area (Å²) in [5.74, 6) is -0.361. The molecule has 7 nitrogen and oxygen atoms in total. The predicted molar refractivity (Wildman–Crippen MR) is 105 cm³/mol. The Labute approximate surface area is 159 Å². The van der Waals surface area contributed by atoms with Crippen LogP contribution >= 0.6 is 0 Å². The molecule has 7 heteroatoms. The Morgan fingerprint density at radius 3 is 2.48 bits per heavy atom. The highest BCUT2D eigenvalue weighted by molar-refractivity contribution is 5.93. The number of pyridine rings is 1. The zero-order valence-corrected chi connectivity index (χ0v) is 16.5. The van der Waals surface area contributed by atoms with E-state index in [-0.39, 0.29) is 17.0 Å². The third kappa shape index (κ3) is 4.66. The Morgan fingerprint density at radius 1 is 1.19 bits per heavy atom. The average Bonchev–Trinajstić information content (AvgIpc) is 2.82. The summed E-state index contributed by atoms with van der Waals surface area (Å²) in [7, 11) is 1.88. The lowest BCUT2D eigenvalue weighted by molar-refractivity contribution is 0.0949. The van der Waals surface area contributed by atoms with Crippen LogP contribution in [0.2, 0.25) is 0 Å². The molecule has 1 fully saturated rings. The molecule has 2 aromatic rings. The van der Waals surface area contributed by atoms with Gasteiger partial charge in [-0.05, 0) is 51.9 Å². The van der Waals surface area contributed by atoms with Crippen molar-refractivity contribution in [2.24, 2.45) is 7.05 Å². The maximum Gasteiger partial charge on any atom is 0.261 e. The van der Waals surface area contributed by atoms with E-state index in [0.29, 0.717) is 6.54 Å². The largest absolute Gasteiger partial charge is 0.348 e. The van der Waals surface area contributed by atoms with E-state index in [1.807, 2.05) is 27.0 Å². The van der Waals surface area contributed by atoms with Crippen LogP contribution in [0.15, 0.2) is 16.9 Å². The minimum atomic E-state index is -0.361. The summed E-state index contributed by atoms with van der Waals surface area (Å²) in [5.41, 5.74) is 3.55. The number of nitrogens with zero attached hydrogens (tertiary/aromatic N) is 3. The minimum absolute atomic E-state index is 0.147. The van der Waals surface area contributed by atoms with Crippen molar-refractivity contribution in [1.82, 2.24) is 25.0 Å². The molecule has 0 spiro atoms. The molecule has 0 aromatic carbocycles. The molecule has 2 aromatic heterocycles. The van der Waals surface area contributed by atoms with Crippen LogP contribution in [0.3, 0.4) is 0 Å². The Kier molecular flexibility index (Phi) is 6.11. The lowest BCUT2D eigenvalue weighted by Crippen LogP contribution is -2.31. The van der Waals surface area contributed by atoms with Crippen LogP contribution in [0.1, 0.15) is 58.7 Å². The first-order valence-electron chi connectivity index (χ1n) is 9.67. The lowest BCUT2D eigenvalue weighted by atomic mass is 10.2. The van der Waals surface area contributed by atoms with Crippen molar-refractivity contribution in [3.05, 3.63) is 50.7 Å². The van der Waals surface area contributed by atoms with Gasteiger partial charge in [0, 0.05) is 37.1 Å². The molecular formula is C20H29N5O2. The zero-order chi connectivity index (χ0) is 19.4. The first-order valence-corrected chi connectivity index (χ1v) is 9.67. The van der Waals surface area contributed by atoms with Crippen LogP contribution in [0.4, 0.5) is 0 Å². The number of H-pyrrole nitrogens is 1. The number of aromatic amines is 1. The fourth-order valence-corrected chi connectivity index (χ4v) is 3.66. The van der Waals surface area contributed by atoms with E-state index in [1.54, 1.807) is 10.7 Å². The van der Waals surface area contributed by atoms with Crippen molar-refractivity contribution < 1.29 is 4.79 Å². The number of aryl methyl sites for hydroxylation is 2. The second-order valence-electron chi connectivity index (χ2n) is 7.37. The number of hydrogen-bond donors (Lipinski definition) is 2. The molecule has 1 amide bonds. The Bertz CT molecular complexity index is 860. The molecule has 0 radical (unpaired) electrons. The number of carbonyl (C=O) groups excluding carboxylic acids is 1. The number of carbonyl (C=O) groups is 1. The van der Waals surface area contributed by atoms with Crippen LogP contribution < -0.4 is 10.9 Å². The second-order valence-corrected chi connectivity index (χ2v) is 7.37. The van der Waals surface area contributed by atoms with Crippen LogP contribution in [0.25, 0.3) is 0 Å². The summed E-state index contributed by atoms with van der Waals surface area (Å²) in [5, 5.41) is 7.18. The number of hydrogen-bond acceptors (Lipinski definition) is 4. The number of rotatable bonds is 5. The van der Waals surface area contributed by atoms with Gasteiger partial charge in [-0.15, -0.1) is 0 Å². The van der Waals surface area contributed by atoms with Gasteiger partial charge in [0.1, 0.15) is 5.56 Å². The van der Waals surface area contributed by atoms with E-state index in [2.05, 4.69) is 20.3 Å². The fourth-order valence-electron chi connectivity index (χ4n) is 3.66. The van der Waals surface area contributed by atoms with Gasteiger partial charge in [-0.25, -0.2) is 0 Å². The van der Waals surface area contributed by atoms with Gasteiger partial charge in [-0.1, -0.05) is 12.8 Å². The second kappa shape index (κ2) is 8.52. The van der Waals surface area contributed by atoms with Crippen LogP contribution in [0.5, 0.6) is 0 Å². The number of likely N-dealkylation sites (tertiary alicyclic amines) is 1.